The standard InChI is InChI=1S/C24H26FN5O/c25-19-6-3-7-20(12-19)28-23-13-24(27-16-26-23)30-11-9-21(22(31)15-30)29-10-8-17-4-1-2-5-18(17)14-29/h1-7,12-13,16,21-22,31H,8-11,14-15H2,(H,26,27,28)/t21?,22-/m0/s1. The molecule has 7 heteroatoms. The maximum Gasteiger partial charge on any atom is 0.135 e. The van der Waals surface area contributed by atoms with Crippen LogP contribution in [0.1, 0.15) is 17.5 Å². The number of aromatic nitrogens is 2. The van der Waals surface area contributed by atoms with Crippen LogP contribution in [-0.4, -0.2) is 51.8 Å². The number of halogens is 1. The maximum atomic E-state index is 13.4. The van der Waals surface area contributed by atoms with E-state index in [0.29, 0.717) is 18.1 Å². The molecule has 2 N–H and O–H groups in total. The van der Waals surface area contributed by atoms with Gasteiger partial charge in [-0.15, -0.1) is 0 Å². The number of anilines is 3. The number of benzene rings is 2. The fraction of sp³-hybridized carbons (Fsp3) is 0.333. The number of β-amino-alcohol motifs (C(OH)–C–C–N with tert-alkyl or cyclic N) is 1. The number of hydrogen-bond acceptors (Lipinski definition) is 6. The van der Waals surface area contributed by atoms with Gasteiger partial charge in [0.2, 0.25) is 0 Å². The van der Waals surface area contributed by atoms with Gasteiger partial charge in [-0.1, -0.05) is 30.3 Å². The van der Waals surface area contributed by atoms with Crippen molar-refractivity contribution in [3.8, 4) is 0 Å². The molecule has 2 aromatic carbocycles. The Labute approximate surface area is 181 Å². The lowest BCUT2D eigenvalue weighted by Gasteiger charge is -2.43. The molecule has 1 unspecified atom stereocenters. The third-order valence-corrected chi connectivity index (χ3v) is 6.25. The van der Waals surface area contributed by atoms with Gasteiger partial charge in [0.1, 0.15) is 23.8 Å². The summed E-state index contributed by atoms with van der Waals surface area (Å²) in [6.07, 6.45) is 2.95. The fourth-order valence-electron chi connectivity index (χ4n) is 4.66. The second-order valence-electron chi connectivity index (χ2n) is 8.26. The number of nitrogens with one attached hydrogen (secondary N) is 1. The first-order chi connectivity index (χ1) is 15.2. The highest BCUT2D eigenvalue weighted by Gasteiger charge is 2.34. The Morgan fingerprint density at radius 3 is 2.71 bits per heavy atom. The summed E-state index contributed by atoms with van der Waals surface area (Å²) in [7, 11) is 0. The highest BCUT2D eigenvalue weighted by atomic mass is 19.1. The van der Waals surface area contributed by atoms with Crippen LogP contribution < -0.4 is 10.2 Å². The van der Waals surface area contributed by atoms with Crippen LogP contribution in [0, 0.1) is 5.82 Å². The van der Waals surface area contributed by atoms with Gasteiger partial charge in [0, 0.05) is 44.0 Å². The van der Waals surface area contributed by atoms with Crippen molar-refractivity contribution in [3.05, 3.63) is 77.9 Å². The molecule has 0 amide bonds. The quantitative estimate of drug-likeness (QED) is 0.676. The van der Waals surface area contributed by atoms with E-state index in [1.807, 2.05) is 6.07 Å². The van der Waals surface area contributed by atoms with Crippen LogP contribution in [0.3, 0.4) is 0 Å². The van der Waals surface area contributed by atoms with Gasteiger partial charge >= 0.3 is 0 Å². The lowest BCUT2D eigenvalue weighted by Crippen LogP contribution is -2.55. The number of aliphatic hydroxyl groups is 1. The van der Waals surface area contributed by atoms with Crippen molar-refractivity contribution in [2.75, 3.05) is 29.9 Å². The van der Waals surface area contributed by atoms with E-state index in [2.05, 4.69) is 49.4 Å². The number of nitrogens with zero attached hydrogens (tertiary/aromatic N) is 4. The molecule has 2 atom stereocenters. The van der Waals surface area contributed by atoms with Gasteiger partial charge in [-0.3, -0.25) is 4.90 Å². The molecule has 1 saturated heterocycles. The summed E-state index contributed by atoms with van der Waals surface area (Å²) in [5.74, 6) is 1.06. The number of hydrogen-bond donors (Lipinski definition) is 2. The van der Waals surface area contributed by atoms with E-state index in [0.717, 1.165) is 38.3 Å². The molecule has 2 aliphatic rings. The van der Waals surface area contributed by atoms with Crippen molar-refractivity contribution < 1.29 is 9.50 Å². The summed E-state index contributed by atoms with van der Waals surface area (Å²) in [5.41, 5.74) is 3.42. The van der Waals surface area contributed by atoms with E-state index in [4.69, 9.17) is 0 Å². The van der Waals surface area contributed by atoms with Crippen LogP contribution in [0.5, 0.6) is 0 Å². The van der Waals surface area contributed by atoms with Crippen LogP contribution in [-0.2, 0) is 13.0 Å². The van der Waals surface area contributed by atoms with Crippen molar-refractivity contribution in [2.45, 2.75) is 31.5 Å². The first-order valence-electron chi connectivity index (χ1n) is 10.7. The molecule has 0 radical (unpaired) electrons. The predicted octanol–water partition coefficient (Wildman–Crippen LogP) is 3.36. The molecule has 0 spiro atoms. The topological polar surface area (TPSA) is 64.5 Å². The minimum Gasteiger partial charge on any atom is -0.390 e. The molecular formula is C24H26FN5O. The summed E-state index contributed by atoms with van der Waals surface area (Å²) >= 11 is 0. The average molecular weight is 420 g/mol. The lowest BCUT2D eigenvalue weighted by molar-refractivity contribution is 0.0293. The smallest absolute Gasteiger partial charge is 0.135 e. The summed E-state index contributed by atoms with van der Waals surface area (Å²) in [4.78, 5) is 13.2. The van der Waals surface area contributed by atoms with Crippen LogP contribution in [0.4, 0.5) is 21.7 Å². The first kappa shape index (κ1) is 19.9. The molecule has 3 heterocycles. The Bertz CT molecular complexity index is 1060. The van der Waals surface area contributed by atoms with E-state index in [1.54, 1.807) is 12.1 Å². The molecule has 0 aliphatic carbocycles. The highest BCUT2D eigenvalue weighted by molar-refractivity contribution is 5.59. The first-order valence-corrected chi connectivity index (χ1v) is 10.7. The summed E-state index contributed by atoms with van der Waals surface area (Å²) in [6, 6.07) is 16.8. The minimum atomic E-state index is -0.450. The molecule has 0 bridgehead atoms. The lowest BCUT2D eigenvalue weighted by atomic mass is 9.94. The van der Waals surface area contributed by atoms with E-state index in [1.165, 1.54) is 29.6 Å². The van der Waals surface area contributed by atoms with Crippen molar-refractivity contribution in [3.63, 3.8) is 0 Å². The summed E-state index contributed by atoms with van der Waals surface area (Å²) < 4.78 is 13.4. The Kier molecular flexibility index (Phi) is 5.53. The summed E-state index contributed by atoms with van der Waals surface area (Å²) in [6.45, 7) is 3.22. The normalized spacial score (nSPS) is 21.5. The highest BCUT2D eigenvalue weighted by Crippen LogP contribution is 2.27. The Morgan fingerprint density at radius 1 is 1.00 bits per heavy atom. The second kappa shape index (κ2) is 8.61. The average Bonchev–Trinajstić information content (AvgIpc) is 2.79. The zero-order valence-electron chi connectivity index (χ0n) is 17.3. The zero-order chi connectivity index (χ0) is 21.2. The van der Waals surface area contributed by atoms with Gasteiger partial charge < -0.3 is 15.3 Å². The van der Waals surface area contributed by atoms with Gasteiger partial charge in [0.05, 0.1) is 6.10 Å². The van der Waals surface area contributed by atoms with E-state index in [-0.39, 0.29) is 11.9 Å². The van der Waals surface area contributed by atoms with Crippen molar-refractivity contribution in [1.82, 2.24) is 14.9 Å². The predicted molar refractivity (Wildman–Crippen MR) is 119 cm³/mol. The van der Waals surface area contributed by atoms with Crippen LogP contribution in [0.25, 0.3) is 0 Å². The van der Waals surface area contributed by atoms with Gasteiger partial charge in [0.15, 0.2) is 0 Å². The number of piperidine rings is 1. The van der Waals surface area contributed by atoms with Crippen LogP contribution in [0.2, 0.25) is 0 Å². The number of rotatable bonds is 4. The van der Waals surface area contributed by atoms with Crippen molar-refractivity contribution in [1.29, 1.82) is 0 Å². The summed E-state index contributed by atoms with van der Waals surface area (Å²) in [5, 5.41) is 14.1. The van der Waals surface area contributed by atoms with Crippen molar-refractivity contribution >= 4 is 17.3 Å². The molecule has 1 fully saturated rings. The molecule has 2 aliphatic heterocycles. The molecular weight excluding hydrogens is 393 g/mol. The van der Waals surface area contributed by atoms with E-state index >= 15 is 0 Å². The molecule has 6 nitrogen and oxygen atoms in total. The molecule has 0 saturated carbocycles. The Balaban J connectivity index is 1.25. The monoisotopic (exact) mass is 419 g/mol. The zero-order valence-corrected chi connectivity index (χ0v) is 17.3. The van der Waals surface area contributed by atoms with Gasteiger partial charge in [-0.05, 0) is 42.2 Å². The van der Waals surface area contributed by atoms with Crippen LogP contribution in [0.15, 0.2) is 60.9 Å². The molecule has 160 valence electrons. The maximum absolute atomic E-state index is 13.4. The molecule has 31 heavy (non-hydrogen) atoms. The van der Waals surface area contributed by atoms with E-state index in [9.17, 15) is 9.50 Å². The number of aliphatic hydroxyl groups excluding tert-OH is 1. The van der Waals surface area contributed by atoms with Crippen LogP contribution >= 0.6 is 0 Å². The van der Waals surface area contributed by atoms with Crippen molar-refractivity contribution in [2.24, 2.45) is 0 Å². The fourth-order valence-corrected chi connectivity index (χ4v) is 4.66. The van der Waals surface area contributed by atoms with E-state index < -0.39 is 6.10 Å². The van der Waals surface area contributed by atoms with Gasteiger partial charge in [-0.25, -0.2) is 14.4 Å². The minimum absolute atomic E-state index is 0.149. The molecule has 5 rings (SSSR count). The third kappa shape index (κ3) is 4.38. The number of fused-ring (bicyclic) bond motifs is 1. The second-order valence-corrected chi connectivity index (χ2v) is 8.26. The Morgan fingerprint density at radius 2 is 1.87 bits per heavy atom. The molecule has 3 aromatic rings. The van der Waals surface area contributed by atoms with Gasteiger partial charge in [0.25, 0.3) is 0 Å². The molecule has 1 aromatic heterocycles. The van der Waals surface area contributed by atoms with Gasteiger partial charge in [-0.2, -0.15) is 0 Å². The third-order valence-electron chi connectivity index (χ3n) is 6.25. The largest absolute Gasteiger partial charge is 0.390 e. The Hall–Kier alpha value is -3.03. The SMILES string of the molecule is O[C@H]1CN(c2cc(Nc3cccc(F)c3)ncn2)CCC1N1CCc2ccccc2C1.